The number of rotatable bonds is 6. The van der Waals surface area contributed by atoms with Crippen molar-refractivity contribution >= 4 is 21.4 Å². The molecule has 2 N–H and O–H groups in total. The van der Waals surface area contributed by atoms with Crippen LogP contribution in [0.2, 0.25) is 0 Å². The van der Waals surface area contributed by atoms with Crippen LogP contribution in [0.3, 0.4) is 0 Å². The summed E-state index contributed by atoms with van der Waals surface area (Å²) in [5.41, 5.74) is 0. The number of likely N-dealkylation sites (tertiary alicyclic amines) is 1. The molecule has 2 atom stereocenters. The minimum atomic E-state index is -3.39. The second kappa shape index (κ2) is 7.19. The summed E-state index contributed by atoms with van der Waals surface area (Å²) < 4.78 is 28.3. The second-order valence-corrected chi connectivity index (χ2v) is 8.87. The molecular weight excluding hydrogens is 306 g/mol. The molecule has 2 unspecified atom stereocenters. The lowest BCUT2D eigenvalue weighted by Crippen LogP contribution is -2.48. The quantitative estimate of drug-likeness (QED) is 0.829. The zero-order valence-electron chi connectivity index (χ0n) is 12.9. The molecule has 1 aliphatic heterocycles. The molecule has 1 aromatic heterocycles. The van der Waals surface area contributed by atoms with Gasteiger partial charge in [-0.05, 0) is 44.6 Å². The Hall–Kier alpha value is -0.470. The van der Waals surface area contributed by atoms with Crippen LogP contribution in [0.1, 0.15) is 25.1 Å². The molecule has 0 aromatic carbocycles. The van der Waals surface area contributed by atoms with E-state index in [-0.39, 0.29) is 6.04 Å². The maximum Gasteiger partial charge on any atom is 0.250 e. The number of piperidine rings is 1. The van der Waals surface area contributed by atoms with Crippen LogP contribution < -0.4 is 10.0 Å². The van der Waals surface area contributed by atoms with E-state index in [1.54, 1.807) is 6.07 Å². The SMILES string of the molecule is CCNCc1ccc(S(=O)(=O)NC2CCN(C)CC2C)s1. The largest absolute Gasteiger partial charge is 0.312 e. The Morgan fingerprint density at radius 3 is 2.86 bits per heavy atom. The van der Waals surface area contributed by atoms with Gasteiger partial charge in [-0.3, -0.25) is 0 Å². The molecule has 0 amide bonds. The Balaban J connectivity index is 2.02. The van der Waals surface area contributed by atoms with E-state index in [4.69, 9.17) is 0 Å². The zero-order chi connectivity index (χ0) is 15.5. The molecule has 7 heteroatoms. The monoisotopic (exact) mass is 331 g/mol. The van der Waals surface area contributed by atoms with Crippen molar-refractivity contribution in [3.63, 3.8) is 0 Å². The number of thiophene rings is 1. The topological polar surface area (TPSA) is 61.4 Å². The summed E-state index contributed by atoms with van der Waals surface area (Å²) in [6.07, 6.45) is 0.868. The molecule has 1 fully saturated rings. The van der Waals surface area contributed by atoms with Gasteiger partial charge < -0.3 is 10.2 Å². The highest BCUT2D eigenvalue weighted by molar-refractivity contribution is 7.91. The standard InChI is InChI=1S/C14H25N3O2S2/c1-4-15-9-12-5-6-14(20-12)21(18,19)16-13-7-8-17(3)10-11(13)2/h5-6,11,13,15-16H,4,7-10H2,1-3H3. The lowest BCUT2D eigenvalue weighted by molar-refractivity contribution is 0.188. The smallest absolute Gasteiger partial charge is 0.250 e. The number of nitrogens with one attached hydrogen (secondary N) is 2. The van der Waals surface area contributed by atoms with Gasteiger partial charge in [0.2, 0.25) is 10.0 Å². The van der Waals surface area contributed by atoms with E-state index in [2.05, 4.69) is 28.9 Å². The van der Waals surface area contributed by atoms with Crippen molar-refractivity contribution in [1.29, 1.82) is 0 Å². The highest BCUT2D eigenvalue weighted by atomic mass is 32.2. The fourth-order valence-electron chi connectivity index (χ4n) is 2.63. The third-order valence-electron chi connectivity index (χ3n) is 3.87. The van der Waals surface area contributed by atoms with E-state index < -0.39 is 10.0 Å². The molecule has 0 bridgehead atoms. The first-order valence-corrected chi connectivity index (χ1v) is 9.72. The number of nitrogens with zero attached hydrogens (tertiary/aromatic N) is 1. The Bertz CT molecular complexity index is 556. The van der Waals surface area contributed by atoms with Crippen molar-refractivity contribution in [3.05, 3.63) is 17.0 Å². The van der Waals surface area contributed by atoms with E-state index >= 15 is 0 Å². The van der Waals surface area contributed by atoms with E-state index in [1.807, 2.05) is 13.0 Å². The molecule has 0 aliphatic carbocycles. The minimum Gasteiger partial charge on any atom is -0.312 e. The summed E-state index contributed by atoms with van der Waals surface area (Å²) in [5, 5.41) is 3.21. The van der Waals surface area contributed by atoms with E-state index in [9.17, 15) is 8.42 Å². The van der Waals surface area contributed by atoms with Gasteiger partial charge >= 0.3 is 0 Å². The first-order chi connectivity index (χ1) is 9.92. The van der Waals surface area contributed by atoms with Crippen LogP contribution in [0.4, 0.5) is 0 Å². The van der Waals surface area contributed by atoms with Crippen LogP contribution in [-0.4, -0.2) is 46.0 Å². The third kappa shape index (κ3) is 4.50. The van der Waals surface area contributed by atoms with Crippen molar-refractivity contribution in [3.8, 4) is 0 Å². The molecule has 5 nitrogen and oxygen atoms in total. The Labute approximate surface area is 131 Å². The van der Waals surface area contributed by atoms with Gasteiger partial charge in [-0.2, -0.15) is 0 Å². The first kappa shape index (κ1) is 16.9. The lowest BCUT2D eigenvalue weighted by atomic mass is 9.95. The van der Waals surface area contributed by atoms with E-state index in [1.165, 1.54) is 11.3 Å². The van der Waals surface area contributed by atoms with Crippen molar-refractivity contribution in [1.82, 2.24) is 14.9 Å². The van der Waals surface area contributed by atoms with Crippen LogP contribution in [0.5, 0.6) is 0 Å². The Morgan fingerprint density at radius 2 is 2.19 bits per heavy atom. The lowest BCUT2D eigenvalue weighted by Gasteiger charge is -2.34. The molecule has 1 aromatic rings. The average molecular weight is 332 g/mol. The van der Waals surface area contributed by atoms with Gasteiger partial charge in [-0.15, -0.1) is 11.3 Å². The number of hydrogen-bond acceptors (Lipinski definition) is 5. The minimum absolute atomic E-state index is 0.0329. The predicted octanol–water partition coefficient (Wildman–Crippen LogP) is 1.48. The molecule has 1 saturated heterocycles. The second-order valence-electron chi connectivity index (χ2n) is 5.76. The summed E-state index contributed by atoms with van der Waals surface area (Å²) in [6, 6.07) is 3.63. The maximum absolute atomic E-state index is 12.5. The zero-order valence-corrected chi connectivity index (χ0v) is 14.6. The van der Waals surface area contributed by atoms with Crippen molar-refractivity contribution in [2.75, 3.05) is 26.7 Å². The summed E-state index contributed by atoms with van der Waals surface area (Å²) in [6.45, 7) is 7.62. The fourth-order valence-corrected chi connectivity index (χ4v) is 5.35. The summed E-state index contributed by atoms with van der Waals surface area (Å²) >= 11 is 1.35. The summed E-state index contributed by atoms with van der Waals surface area (Å²) in [7, 11) is -1.32. The van der Waals surface area contributed by atoms with Crippen LogP contribution in [0, 0.1) is 5.92 Å². The molecule has 2 rings (SSSR count). The fraction of sp³-hybridized carbons (Fsp3) is 0.714. The van der Waals surface area contributed by atoms with Gasteiger partial charge in [-0.25, -0.2) is 13.1 Å². The highest BCUT2D eigenvalue weighted by Gasteiger charge is 2.29. The van der Waals surface area contributed by atoms with Crippen LogP contribution >= 0.6 is 11.3 Å². The number of sulfonamides is 1. The van der Waals surface area contributed by atoms with Crippen LogP contribution in [0.15, 0.2) is 16.3 Å². The average Bonchev–Trinajstić information content (AvgIpc) is 2.89. The molecule has 2 heterocycles. The van der Waals surface area contributed by atoms with Gasteiger partial charge in [0, 0.05) is 24.0 Å². The van der Waals surface area contributed by atoms with Gasteiger partial charge in [0.25, 0.3) is 0 Å². The molecule has 120 valence electrons. The Kier molecular flexibility index (Phi) is 5.79. The van der Waals surface area contributed by atoms with Crippen molar-refractivity contribution < 1.29 is 8.42 Å². The molecule has 0 saturated carbocycles. The predicted molar refractivity (Wildman–Crippen MR) is 87.1 cm³/mol. The van der Waals surface area contributed by atoms with Crippen LogP contribution in [0.25, 0.3) is 0 Å². The summed E-state index contributed by atoms with van der Waals surface area (Å²) in [4.78, 5) is 3.29. The molecule has 0 spiro atoms. The van der Waals surface area contributed by atoms with Crippen LogP contribution in [-0.2, 0) is 16.6 Å². The van der Waals surface area contributed by atoms with E-state index in [0.29, 0.717) is 10.1 Å². The maximum atomic E-state index is 12.5. The van der Waals surface area contributed by atoms with Gasteiger partial charge in [0.15, 0.2) is 0 Å². The van der Waals surface area contributed by atoms with Crippen molar-refractivity contribution in [2.24, 2.45) is 5.92 Å². The van der Waals surface area contributed by atoms with Gasteiger partial charge in [0.05, 0.1) is 0 Å². The van der Waals surface area contributed by atoms with E-state index in [0.717, 1.165) is 37.5 Å². The first-order valence-electron chi connectivity index (χ1n) is 7.42. The number of hydrogen-bond donors (Lipinski definition) is 2. The van der Waals surface area contributed by atoms with Gasteiger partial charge in [-0.1, -0.05) is 13.8 Å². The van der Waals surface area contributed by atoms with Crippen molar-refractivity contribution in [2.45, 2.75) is 37.1 Å². The summed E-state index contributed by atoms with van der Waals surface area (Å²) in [5.74, 6) is 0.333. The third-order valence-corrected chi connectivity index (χ3v) is 6.93. The van der Waals surface area contributed by atoms with Gasteiger partial charge in [0.1, 0.15) is 4.21 Å². The Morgan fingerprint density at radius 1 is 1.43 bits per heavy atom. The molecular formula is C14H25N3O2S2. The molecule has 0 radical (unpaired) electrons. The normalized spacial score (nSPS) is 24.3. The molecule has 21 heavy (non-hydrogen) atoms. The molecule has 1 aliphatic rings. The highest BCUT2D eigenvalue weighted by Crippen LogP contribution is 2.24.